The van der Waals surface area contributed by atoms with Gasteiger partial charge in [0.15, 0.2) is 0 Å². The third kappa shape index (κ3) is 4.27. The maximum atomic E-state index is 11.2. The van der Waals surface area contributed by atoms with Crippen molar-refractivity contribution in [1.29, 1.82) is 0 Å². The van der Waals surface area contributed by atoms with Crippen LogP contribution in [0.2, 0.25) is 0 Å². The van der Waals surface area contributed by atoms with Crippen LogP contribution in [0, 0.1) is 0 Å². The van der Waals surface area contributed by atoms with Crippen molar-refractivity contribution >= 4 is 5.97 Å². The lowest BCUT2D eigenvalue weighted by Crippen LogP contribution is -2.24. The zero-order valence-electron chi connectivity index (χ0n) is 8.41. The van der Waals surface area contributed by atoms with Crippen LogP contribution in [0.15, 0.2) is 0 Å². The molecule has 0 N–H and O–H groups in total. The molecule has 0 aromatic carbocycles. The van der Waals surface area contributed by atoms with E-state index in [9.17, 15) is 4.79 Å². The molecule has 0 aliphatic carbocycles. The van der Waals surface area contributed by atoms with Crippen molar-refractivity contribution in [2.75, 3.05) is 6.61 Å². The Morgan fingerprint density at radius 2 is 2.31 bits per heavy atom. The fourth-order valence-electron chi connectivity index (χ4n) is 1.47. The first-order valence-electron chi connectivity index (χ1n) is 4.99. The SMILES string of the molecule is CC(C)OC(=O)CC1CCCCO1. The third-order valence-corrected chi connectivity index (χ3v) is 2.04. The Morgan fingerprint density at radius 1 is 1.54 bits per heavy atom. The highest BCUT2D eigenvalue weighted by molar-refractivity contribution is 5.70. The molecule has 3 heteroatoms. The van der Waals surface area contributed by atoms with E-state index in [1.165, 1.54) is 6.42 Å². The summed E-state index contributed by atoms with van der Waals surface area (Å²) in [5.41, 5.74) is 0. The summed E-state index contributed by atoms with van der Waals surface area (Å²) in [6.45, 7) is 4.51. The second-order valence-corrected chi connectivity index (χ2v) is 3.73. The van der Waals surface area contributed by atoms with Gasteiger partial charge < -0.3 is 9.47 Å². The van der Waals surface area contributed by atoms with Crippen LogP contribution in [0.1, 0.15) is 39.5 Å². The highest BCUT2D eigenvalue weighted by Crippen LogP contribution is 2.16. The quantitative estimate of drug-likeness (QED) is 0.631. The minimum atomic E-state index is -0.137. The summed E-state index contributed by atoms with van der Waals surface area (Å²) in [5.74, 6) is -0.137. The van der Waals surface area contributed by atoms with E-state index in [-0.39, 0.29) is 18.2 Å². The second-order valence-electron chi connectivity index (χ2n) is 3.73. The van der Waals surface area contributed by atoms with Crippen molar-refractivity contribution in [3.63, 3.8) is 0 Å². The van der Waals surface area contributed by atoms with Crippen molar-refractivity contribution in [2.24, 2.45) is 0 Å². The largest absolute Gasteiger partial charge is 0.463 e. The predicted octanol–water partition coefficient (Wildman–Crippen LogP) is 1.90. The molecule has 0 saturated carbocycles. The van der Waals surface area contributed by atoms with Gasteiger partial charge in [0.05, 0.1) is 18.6 Å². The zero-order chi connectivity index (χ0) is 9.68. The highest BCUT2D eigenvalue weighted by Gasteiger charge is 2.18. The van der Waals surface area contributed by atoms with Crippen molar-refractivity contribution < 1.29 is 14.3 Å². The van der Waals surface area contributed by atoms with Crippen LogP contribution in [-0.4, -0.2) is 24.8 Å². The van der Waals surface area contributed by atoms with E-state index in [1.54, 1.807) is 0 Å². The Balaban J connectivity index is 2.18. The van der Waals surface area contributed by atoms with Crippen LogP contribution in [0.25, 0.3) is 0 Å². The van der Waals surface area contributed by atoms with Gasteiger partial charge in [0.2, 0.25) is 0 Å². The molecule has 1 heterocycles. The lowest BCUT2D eigenvalue weighted by Gasteiger charge is -2.21. The Morgan fingerprint density at radius 3 is 2.85 bits per heavy atom. The number of hydrogen-bond donors (Lipinski definition) is 0. The van der Waals surface area contributed by atoms with E-state index in [4.69, 9.17) is 9.47 Å². The molecule has 0 bridgehead atoms. The summed E-state index contributed by atoms with van der Waals surface area (Å²) in [6.07, 6.45) is 3.77. The van der Waals surface area contributed by atoms with Crippen LogP contribution in [-0.2, 0) is 14.3 Å². The molecule has 1 rings (SSSR count). The molecule has 1 unspecified atom stereocenters. The number of rotatable bonds is 3. The highest BCUT2D eigenvalue weighted by atomic mass is 16.5. The van der Waals surface area contributed by atoms with Crippen LogP contribution in [0.5, 0.6) is 0 Å². The van der Waals surface area contributed by atoms with Gasteiger partial charge in [-0.2, -0.15) is 0 Å². The lowest BCUT2D eigenvalue weighted by molar-refractivity contribution is -0.151. The number of ether oxygens (including phenoxy) is 2. The molecule has 0 aromatic rings. The fraction of sp³-hybridized carbons (Fsp3) is 0.900. The molecule has 1 saturated heterocycles. The van der Waals surface area contributed by atoms with Gasteiger partial charge in [-0.15, -0.1) is 0 Å². The maximum absolute atomic E-state index is 11.2. The van der Waals surface area contributed by atoms with E-state index >= 15 is 0 Å². The summed E-state index contributed by atoms with van der Waals surface area (Å²) >= 11 is 0. The summed E-state index contributed by atoms with van der Waals surface area (Å²) in [5, 5.41) is 0. The van der Waals surface area contributed by atoms with Crippen molar-refractivity contribution in [2.45, 2.75) is 51.7 Å². The molecule has 1 aliphatic rings. The van der Waals surface area contributed by atoms with Gasteiger partial charge >= 0.3 is 5.97 Å². The molecule has 1 fully saturated rings. The second kappa shape index (κ2) is 5.22. The van der Waals surface area contributed by atoms with Crippen molar-refractivity contribution in [3.05, 3.63) is 0 Å². The van der Waals surface area contributed by atoms with Gasteiger partial charge in [0, 0.05) is 6.61 Å². The Hall–Kier alpha value is -0.570. The Bertz CT molecular complexity index is 160. The summed E-state index contributed by atoms with van der Waals surface area (Å²) < 4.78 is 10.5. The molecule has 3 nitrogen and oxygen atoms in total. The zero-order valence-corrected chi connectivity index (χ0v) is 8.41. The fourth-order valence-corrected chi connectivity index (χ4v) is 1.47. The van der Waals surface area contributed by atoms with Crippen molar-refractivity contribution in [1.82, 2.24) is 0 Å². The van der Waals surface area contributed by atoms with Crippen LogP contribution < -0.4 is 0 Å². The molecule has 0 spiro atoms. The number of hydrogen-bond acceptors (Lipinski definition) is 3. The van der Waals surface area contributed by atoms with E-state index in [0.29, 0.717) is 6.42 Å². The summed E-state index contributed by atoms with van der Waals surface area (Å²) in [6, 6.07) is 0. The first-order valence-corrected chi connectivity index (χ1v) is 4.99. The molecular weight excluding hydrogens is 168 g/mol. The van der Waals surface area contributed by atoms with E-state index in [1.807, 2.05) is 13.8 Å². The van der Waals surface area contributed by atoms with E-state index in [0.717, 1.165) is 19.4 Å². The summed E-state index contributed by atoms with van der Waals surface area (Å²) in [7, 11) is 0. The molecule has 0 amide bonds. The molecule has 1 aliphatic heterocycles. The first kappa shape index (κ1) is 10.5. The normalized spacial score (nSPS) is 23.2. The first-order chi connectivity index (χ1) is 6.18. The third-order valence-electron chi connectivity index (χ3n) is 2.04. The summed E-state index contributed by atoms with van der Waals surface area (Å²) in [4.78, 5) is 11.2. The van der Waals surface area contributed by atoms with Gasteiger partial charge in [-0.05, 0) is 33.1 Å². The van der Waals surface area contributed by atoms with Crippen LogP contribution in [0.3, 0.4) is 0 Å². The molecule has 76 valence electrons. The molecule has 13 heavy (non-hydrogen) atoms. The topological polar surface area (TPSA) is 35.5 Å². The Labute approximate surface area is 79.4 Å². The molecule has 1 atom stereocenters. The van der Waals surface area contributed by atoms with Crippen molar-refractivity contribution in [3.8, 4) is 0 Å². The average molecular weight is 186 g/mol. The molecule has 0 radical (unpaired) electrons. The number of esters is 1. The number of carbonyl (C=O) groups excluding carboxylic acids is 1. The van der Waals surface area contributed by atoms with Crippen LogP contribution >= 0.6 is 0 Å². The van der Waals surface area contributed by atoms with Gasteiger partial charge in [-0.1, -0.05) is 0 Å². The van der Waals surface area contributed by atoms with Gasteiger partial charge in [0.25, 0.3) is 0 Å². The minimum absolute atomic E-state index is 0.0175. The van der Waals surface area contributed by atoms with Gasteiger partial charge in [-0.3, -0.25) is 4.79 Å². The standard InChI is InChI=1S/C10H18O3/c1-8(2)13-10(11)7-9-5-3-4-6-12-9/h8-9H,3-7H2,1-2H3. The predicted molar refractivity (Wildman–Crippen MR) is 49.4 cm³/mol. The van der Waals surface area contributed by atoms with Gasteiger partial charge in [0.1, 0.15) is 0 Å². The molecular formula is C10H18O3. The lowest BCUT2D eigenvalue weighted by atomic mass is 10.1. The number of carbonyl (C=O) groups is 1. The Kier molecular flexibility index (Phi) is 4.22. The van der Waals surface area contributed by atoms with Gasteiger partial charge in [-0.25, -0.2) is 0 Å². The average Bonchev–Trinajstić information content (AvgIpc) is 2.04. The smallest absolute Gasteiger partial charge is 0.308 e. The monoisotopic (exact) mass is 186 g/mol. The maximum Gasteiger partial charge on any atom is 0.308 e. The van der Waals surface area contributed by atoms with E-state index in [2.05, 4.69) is 0 Å². The minimum Gasteiger partial charge on any atom is -0.463 e. The van der Waals surface area contributed by atoms with E-state index < -0.39 is 0 Å². The molecule has 0 aromatic heterocycles. The van der Waals surface area contributed by atoms with Crippen LogP contribution in [0.4, 0.5) is 0 Å².